The maximum atomic E-state index is 12.8. The van der Waals surface area contributed by atoms with Gasteiger partial charge in [0.05, 0.1) is 6.07 Å². The maximum Gasteiger partial charge on any atom is 0.335 e. The van der Waals surface area contributed by atoms with Crippen LogP contribution in [0.1, 0.15) is 6.23 Å². The van der Waals surface area contributed by atoms with E-state index in [1.54, 1.807) is 0 Å². The highest BCUT2D eigenvalue weighted by molar-refractivity contribution is 6.70. The number of nitrogens with zero attached hydrogens (tertiary/aromatic N) is 2. The molecule has 1 fully saturated rings. The van der Waals surface area contributed by atoms with Gasteiger partial charge in [0.2, 0.25) is 5.88 Å². The summed E-state index contributed by atoms with van der Waals surface area (Å²) in [5.41, 5.74) is -0.882. The van der Waals surface area contributed by atoms with Crippen LogP contribution in [0.4, 0.5) is 0 Å². The van der Waals surface area contributed by atoms with E-state index in [1.807, 2.05) is 0 Å². The summed E-state index contributed by atoms with van der Waals surface area (Å²) in [7, 11) is -2.39. The Balaban J connectivity index is 2.11. The molecule has 1 aromatic rings. The first-order valence-corrected chi connectivity index (χ1v) is 15.7. The van der Waals surface area contributed by atoms with Gasteiger partial charge in [-0.25, -0.2) is 9.36 Å². The predicted molar refractivity (Wildman–Crippen MR) is 102 cm³/mol. The average Bonchev–Trinajstić information content (AvgIpc) is 2.66. The van der Waals surface area contributed by atoms with Crippen molar-refractivity contribution in [1.82, 2.24) is 9.13 Å². The van der Waals surface area contributed by atoms with E-state index in [0.717, 1.165) is 4.57 Å². The smallest absolute Gasteiger partial charge is 0.335 e. The number of aromatic nitrogens is 2. The van der Waals surface area contributed by atoms with Crippen molar-refractivity contribution in [1.29, 1.82) is 0 Å². The molecule has 1 saturated heterocycles. The lowest BCUT2D eigenvalue weighted by Gasteiger charge is -2.35. The van der Waals surface area contributed by atoms with Crippen LogP contribution < -0.4 is 16.0 Å². The second-order valence-corrected chi connectivity index (χ2v) is 17.7. The predicted octanol–water partition coefficient (Wildman–Crippen LogP) is 1.28. The molecule has 0 spiro atoms. The zero-order valence-corrected chi connectivity index (χ0v) is 18.4. The monoisotopic (exact) mass is 400 g/mol. The van der Waals surface area contributed by atoms with Gasteiger partial charge in [0.15, 0.2) is 22.9 Å². The zero-order chi connectivity index (χ0) is 19.4. The van der Waals surface area contributed by atoms with E-state index in [9.17, 15) is 9.59 Å². The molecule has 0 aromatic carbocycles. The normalized spacial score (nSPS) is 28.4. The molecule has 0 amide bonds. The molecule has 4 atom stereocenters. The van der Waals surface area contributed by atoms with Gasteiger partial charge < -0.3 is 18.3 Å². The van der Waals surface area contributed by atoms with Crippen LogP contribution in [-0.2, 0) is 20.6 Å². The largest absolute Gasteiger partial charge is 0.476 e. The highest BCUT2D eigenvalue weighted by Gasteiger charge is 2.52. The van der Waals surface area contributed by atoms with E-state index in [0.29, 0.717) is 0 Å². The van der Waals surface area contributed by atoms with Crippen LogP contribution >= 0.6 is 0 Å². The van der Waals surface area contributed by atoms with Crippen LogP contribution in [0.5, 0.6) is 5.88 Å². The molecule has 10 heteroatoms. The molecule has 3 heterocycles. The number of ether oxygens (including phenoxy) is 2. The lowest BCUT2D eigenvalue weighted by atomic mass is 10.1. The minimum absolute atomic E-state index is 0.212. The highest BCUT2D eigenvalue weighted by atomic mass is 28.4. The Hall–Kier alpha value is -1.21. The number of hydrogen-bond donors (Lipinski definition) is 0. The molecule has 0 aliphatic carbocycles. The van der Waals surface area contributed by atoms with Crippen molar-refractivity contribution >= 4 is 16.6 Å². The lowest BCUT2D eigenvalue weighted by Crippen LogP contribution is -2.51. The van der Waals surface area contributed by atoms with E-state index in [2.05, 4.69) is 39.3 Å². The van der Waals surface area contributed by atoms with Gasteiger partial charge in [0, 0.05) is 7.05 Å². The van der Waals surface area contributed by atoms with Gasteiger partial charge in [0.1, 0.15) is 24.9 Å². The first kappa shape index (κ1) is 19.6. The van der Waals surface area contributed by atoms with Crippen molar-refractivity contribution in [2.45, 2.75) is 63.8 Å². The van der Waals surface area contributed by atoms with Crippen LogP contribution in [0.15, 0.2) is 15.7 Å². The molecule has 0 N–H and O–H groups in total. The summed E-state index contributed by atoms with van der Waals surface area (Å²) in [4.78, 5) is 24.7. The average molecular weight is 401 g/mol. The first-order chi connectivity index (χ1) is 11.9. The third-order valence-corrected chi connectivity index (χ3v) is 6.18. The van der Waals surface area contributed by atoms with E-state index in [4.69, 9.17) is 18.3 Å². The Bertz CT molecular complexity index is 807. The van der Waals surface area contributed by atoms with Gasteiger partial charge >= 0.3 is 5.69 Å². The Morgan fingerprint density at radius 2 is 1.62 bits per heavy atom. The van der Waals surface area contributed by atoms with Crippen LogP contribution in [-0.4, -0.2) is 50.7 Å². The standard InChI is InChI=1S/C16H28N2O6Si2/c1-17-11(19)8-12-18(16(17)20)15-14(24-26(5,6)7)13(23-25(2,3)4)10(22-15)9-21-12/h8,10,13-15H,9H2,1-7H3/t10-,13+,14+,15-/m1/s1. The van der Waals surface area contributed by atoms with Crippen molar-refractivity contribution < 1.29 is 18.3 Å². The van der Waals surface area contributed by atoms with Crippen molar-refractivity contribution in [2.24, 2.45) is 7.05 Å². The van der Waals surface area contributed by atoms with Gasteiger partial charge in [0.25, 0.3) is 5.56 Å². The Labute approximate surface area is 154 Å². The van der Waals surface area contributed by atoms with Crippen LogP contribution in [0.2, 0.25) is 39.3 Å². The number of rotatable bonds is 4. The highest BCUT2D eigenvalue weighted by Crippen LogP contribution is 2.39. The third-order valence-electron chi connectivity index (χ3n) is 4.22. The SMILES string of the molecule is Cn1c(=O)cc2n(c1=O)[C@@H]1O[C@H](CO2)[C@H](O[Si](C)(C)C)[C@@H]1O[Si](C)(C)C. The van der Waals surface area contributed by atoms with E-state index < -0.39 is 40.2 Å². The molecule has 3 rings (SSSR count). The Morgan fingerprint density at radius 3 is 2.19 bits per heavy atom. The summed E-state index contributed by atoms with van der Waals surface area (Å²) in [5.74, 6) is 0.223. The van der Waals surface area contributed by atoms with E-state index >= 15 is 0 Å². The van der Waals surface area contributed by atoms with E-state index in [1.165, 1.54) is 17.7 Å². The fourth-order valence-corrected chi connectivity index (χ4v) is 5.44. The summed E-state index contributed by atoms with van der Waals surface area (Å²) in [6.07, 6.45) is -1.76. The third kappa shape index (κ3) is 3.74. The minimum Gasteiger partial charge on any atom is -0.476 e. The van der Waals surface area contributed by atoms with E-state index in [-0.39, 0.29) is 24.7 Å². The second kappa shape index (κ2) is 6.45. The summed E-state index contributed by atoms with van der Waals surface area (Å²) in [6, 6.07) is 1.32. The number of hydrogen-bond acceptors (Lipinski definition) is 6. The van der Waals surface area contributed by atoms with Gasteiger partial charge in [-0.05, 0) is 39.3 Å². The Morgan fingerprint density at radius 1 is 1.04 bits per heavy atom. The van der Waals surface area contributed by atoms with Gasteiger partial charge in [-0.3, -0.25) is 9.36 Å². The Kier molecular flexibility index (Phi) is 4.85. The quantitative estimate of drug-likeness (QED) is 0.708. The molecule has 26 heavy (non-hydrogen) atoms. The maximum absolute atomic E-state index is 12.8. The summed E-state index contributed by atoms with van der Waals surface area (Å²) in [5, 5.41) is 0. The van der Waals surface area contributed by atoms with Crippen molar-refractivity contribution in [2.75, 3.05) is 6.61 Å². The van der Waals surface area contributed by atoms with Gasteiger partial charge in [-0.2, -0.15) is 0 Å². The molecule has 2 aliphatic rings. The molecule has 0 unspecified atom stereocenters. The van der Waals surface area contributed by atoms with Crippen LogP contribution in [0, 0.1) is 0 Å². The zero-order valence-electron chi connectivity index (χ0n) is 16.4. The molecular formula is C16H28N2O6Si2. The molecule has 0 radical (unpaired) electrons. The lowest BCUT2D eigenvalue weighted by molar-refractivity contribution is -0.0303. The fraction of sp³-hybridized carbons (Fsp3) is 0.750. The molecule has 8 nitrogen and oxygen atoms in total. The second-order valence-electron chi connectivity index (χ2n) is 8.80. The van der Waals surface area contributed by atoms with Gasteiger partial charge in [-0.1, -0.05) is 0 Å². The van der Waals surface area contributed by atoms with Gasteiger partial charge in [-0.15, -0.1) is 0 Å². The topological polar surface area (TPSA) is 80.9 Å². The summed E-state index contributed by atoms with van der Waals surface area (Å²) >= 11 is 0. The van der Waals surface area contributed by atoms with Crippen LogP contribution in [0.25, 0.3) is 0 Å². The molecule has 0 saturated carbocycles. The van der Waals surface area contributed by atoms with Crippen molar-refractivity contribution in [3.63, 3.8) is 0 Å². The molecule has 2 bridgehead atoms. The molecular weight excluding hydrogens is 372 g/mol. The summed E-state index contributed by atoms with van der Waals surface area (Å²) in [6.45, 7) is 12.8. The number of fused-ring (bicyclic) bond motifs is 4. The first-order valence-electron chi connectivity index (χ1n) is 8.84. The molecule has 2 aliphatic heterocycles. The minimum atomic E-state index is -1.95. The fourth-order valence-electron chi connectivity index (χ4n) is 3.27. The van der Waals surface area contributed by atoms with Crippen molar-refractivity contribution in [3.8, 4) is 5.88 Å². The van der Waals surface area contributed by atoms with Crippen LogP contribution in [0.3, 0.4) is 0 Å². The molecule has 1 aromatic heterocycles. The molecule has 146 valence electrons. The summed E-state index contributed by atoms with van der Waals surface area (Å²) < 4.78 is 27.1. The van der Waals surface area contributed by atoms with Crippen molar-refractivity contribution in [3.05, 3.63) is 26.9 Å².